The summed E-state index contributed by atoms with van der Waals surface area (Å²) in [4.78, 5) is 0. The van der Waals surface area contributed by atoms with Crippen molar-refractivity contribution < 1.29 is 0 Å². The molecule has 19 heavy (non-hydrogen) atoms. The van der Waals surface area contributed by atoms with Crippen LogP contribution in [0.5, 0.6) is 0 Å². The molecule has 0 aliphatic heterocycles. The Bertz CT molecular complexity index is 621. The Labute approximate surface area is 130 Å². The van der Waals surface area contributed by atoms with Crippen LogP contribution in [0.1, 0.15) is 8.87 Å². The van der Waals surface area contributed by atoms with E-state index in [9.17, 15) is 0 Å². The number of rotatable bonds is 4. The third-order valence-corrected chi connectivity index (χ3v) is 11.3. The molecule has 3 aromatic rings. The van der Waals surface area contributed by atoms with Gasteiger partial charge in [0.1, 0.15) is 0 Å². The summed E-state index contributed by atoms with van der Waals surface area (Å²) in [6, 6.07) is 13.6. The summed E-state index contributed by atoms with van der Waals surface area (Å²) in [6.07, 6.45) is 0. The molecule has 2 nitrogen and oxygen atoms in total. The summed E-state index contributed by atoms with van der Waals surface area (Å²) in [5.41, 5.74) is 11.4. The van der Waals surface area contributed by atoms with E-state index < -0.39 is 0 Å². The molecule has 0 amide bonds. The van der Waals surface area contributed by atoms with E-state index in [0.29, 0.717) is 56.6 Å². The third kappa shape index (κ3) is 3.00. The first-order valence-corrected chi connectivity index (χ1v) is 11.1. The van der Waals surface area contributed by atoms with Crippen LogP contribution in [0.4, 0.5) is 0 Å². The Morgan fingerprint density at radius 1 is 0.579 bits per heavy atom. The predicted molar refractivity (Wildman–Crippen MR) is 83.9 cm³/mol. The van der Waals surface area contributed by atoms with Gasteiger partial charge in [0.2, 0.25) is 0 Å². The minimum atomic E-state index is 0.460. The molecule has 0 fully saturated rings. The zero-order valence-corrected chi connectivity index (χ0v) is 15.4. The van der Waals surface area contributed by atoms with Crippen LogP contribution in [-0.2, 0) is 13.1 Å². The predicted octanol–water partition coefficient (Wildman–Crippen LogP) is 1.11. The van der Waals surface area contributed by atoms with E-state index in [1.165, 1.54) is 17.7 Å². The van der Waals surface area contributed by atoms with Crippen LogP contribution < -0.4 is 11.5 Å². The Hall–Kier alpha value is -0.0816. The van der Waals surface area contributed by atoms with E-state index in [0.717, 1.165) is 0 Å². The van der Waals surface area contributed by atoms with Crippen LogP contribution in [0.3, 0.4) is 0 Å². The standard InChI is InChI=1S/C14H14N2Se3/c15-7-9-1-3-11(17-9)13-5-6-14(19-13)12-4-2-10(8-16)18-12/h1-6H,7-8,15-16H2. The summed E-state index contributed by atoms with van der Waals surface area (Å²) in [7, 11) is 0. The van der Waals surface area contributed by atoms with E-state index >= 15 is 0 Å². The van der Waals surface area contributed by atoms with Crippen molar-refractivity contribution in [3.8, 4) is 17.7 Å². The molecule has 0 aromatic carbocycles. The fourth-order valence-corrected chi connectivity index (χ4v) is 8.82. The molecule has 98 valence electrons. The molecule has 0 aliphatic carbocycles. The van der Waals surface area contributed by atoms with E-state index in [2.05, 4.69) is 36.4 Å². The summed E-state index contributed by atoms with van der Waals surface area (Å²) >= 11 is 1.39. The van der Waals surface area contributed by atoms with Gasteiger partial charge >= 0.3 is 131 Å². The maximum atomic E-state index is 5.71. The molecular weight excluding hydrogens is 433 g/mol. The van der Waals surface area contributed by atoms with Crippen molar-refractivity contribution in [3.63, 3.8) is 0 Å². The van der Waals surface area contributed by atoms with Crippen molar-refractivity contribution in [2.45, 2.75) is 13.1 Å². The summed E-state index contributed by atoms with van der Waals surface area (Å²) in [5, 5.41) is 0. The molecule has 0 radical (unpaired) electrons. The van der Waals surface area contributed by atoms with Crippen molar-refractivity contribution in [1.29, 1.82) is 0 Å². The van der Waals surface area contributed by atoms with Crippen molar-refractivity contribution in [2.75, 3.05) is 0 Å². The second kappa shape index (κ2) is 6.13. The van der Waals surface area contributed by atoms with Gasteiger partial charge in [0.25, 0.3) is 0 Å². The first-order valence-electron chi connectivity index (χ1n) is 5.98. The summed E-state index contributed by atoms with van der Waals surface area (Å²) in [6.45, 7) is 1.41. The van der Waals surface area contributed by atoms with Crippen LogP contribution in [0.25, 0.3) is 17.7 Å². The SMILES string of the molecule is NCc1ccc(-c2ccc(-c3ccc(CN)[se]3)[se]2)[se]1. The molecule has 0 atom stereocenters. The maximum absolute atomic E-state index is 5.71. The Kier molecular flexibility index (Phi) is 4.48. The Morgan fingerprint density at radius 3 is 1.32 bits per heavy atom. The molecule has 0 saturated heterocycles. The summed E-state index contributed by atoms with van der Waals surface area (Å²) < 4.78 is 8.95. The van der Waals surface area contributed by atoms with Gasteiger partial charge in [-0.1, -0.05) is 0 Å². The van der Waals surface area contributed by atoms with Gasteiger partial charge in [-0.15, -0.1) is 0 Å². The van der Waals surface area contributed by atoms with Gasteiger partial charge in [-0.25, -0.2) is 0 Å². The van der Waals surface area contributed by atoms with Gasteiger partial charge in [0, 0.05) is 0 Å². The monoisotopic (exact) mass is 450 g/mol. The van der Waals surface area contributed by atoms with Crippen molar-refractivity contribution in [2.24, 2.45) is 11.5 Å². The molecular formula is C14H14N2Se3. The topological polar surface area (TPSA) is 52.0 Å². The molecule has 4 N–H and O–H groups in total. The van der Waals surface area contributed by atoms with Crippen molar-refractivity contribution >= 4 is 43.5 Å². The van der Waals surface area contributed by atoms with Crippen molar-refractivity contribution in [3.05, 3.63) is 45.3 Å². The molecule has 3 rings (SSSR count). The van der Waals surface area contributed by atoms with E-state index in [1.54, 1.807) is 8.87 Å². The van der Waals surface area contributed by atoms with Gasteiger partial charge < -0.3 is 0 Å². The number of nitrogens with two attached hydrogens (primary N) is 2. The molecule has 0 spiro atoms. The minimum absolute atomic E-state index is 0.460. The summed E-state index contributed by atoms with van der Waals surface area (Å²) in [5.74, 6) is 0. The van der Waals surface area contributed by atoms with Gasteiger partial charge in [0.15, 0.2) is 0 Å². The second-order valence-corrected chi connectivity index (χ2v) is 11.3. The fraction of sp³-hybridized carbons (Fsp3) is 0.143. The zero-order chi connectivity index (χ0) is 13.2. The van der Waals surface area contributed by atoms with E-state index in [1.807, 2.05) is 0 Å². The average Bonchev–Trinajstić information content (AvgIpc) is 3.16. The fourth-order valence-electron chi connectivity index (χ4n) is 1.84. The average molecular weight is 447 g/mol. The molecule has 0 bridgehead atoms. The van der Waals surface area contributed by atoms with Crippen molar-refractivity contribution in [1.82, 2.24) is 0 Å². The van der Waals surface area contributed by atoms with Crippen LogP contribution in [0.15, 0.2) is 36.4 Å². The number of hydrogen-bond donors (Lipinski definition) is 2. The van der Waals surface area contributed by atoms with Gasteiger partial charge in [0.05, 0.1) is 0 Å². The molecule has 3 heterocycles. The molecule has 5 heteroatoms. The molecule has 0 saturated carbocycles. The molecule has 3 aromatic heterocycles. The first-order chi connectivity index (χ1) is 9.30. The van der Waals surface area contributed by atoms with Gasteiger partial charge in [-0.3, -0.25) is 0 Å². The Morgan fingerprint density at radius 2 is 0.947 bits per heavy atom. The molecule has 0 aliphatic rings. The van der Waals surface area contributed by atoms with E-state index in [4.69, 9.17) is 11.5 Å². The van der Waals surface area contributed by atoms with Crippen LogP contribution >= 0.6 is 0 Å². The van der Waals surface area contributed by atoms with Crippen LogP contribution in [-0.4, -0.2) is 43.5 Å². The number of hydrogen-bond acceptors (Lipinski definition) is 2. The Balaban J connectivity index is 1.90. The zero-order valence-electron chi connectivity index (χ0n) is 10.3. The third-order valence-electron chi connectivity index (χ3n) is 2.82. The van der Waals surface area contributed by atoms with E-state index in [-0.39, 0.29) is 0 Å². The van der Waals surface area contributed by atoms with Gasteiger partial charge in [-0.05, 0) is 0 Å². The van der Waals surface area contributed by atoms with Gasteiger partial charge in [-0.2, -0.15) is 0 Å². The van der Waals surface area contributed by atoms with Crippen LogP contribution in [0, 0.1) is 0 Å². The first kappa shape index (κ1) is 13.9. The second-order valence-electron chi connectivity index (χ2n) is 4.10. The van der Waals surface area contributed by atoms with Crippen LogP contribution in [0.2, 0.25) is 0 Å². The normalized spacial score (nSPS) is 11.1. The quantitative estimate of drug-likeness (QED) is 0.590. The molecule has 0 unspecified atom stereocenters.